The van der Waals surface area contributed by atoms with Gasteiger partial charge in [-0.1, -0.05) is 18.2 Å². The third-order valence-corrected chi connectivity index (χ3v) is 4.67. The van der Waals surface area contributed by atoms with E-state index in [4.69, 9.17) is 11.6 Å². The highest BCUT2D eigenvalue weighted by atomic mass is 35.5. The maximum atomic E-state index is 14.6. The standard InChI is InChI=1S/C20H14ClF3N4O/c1-11-27-16-7-15(22)14(13-8-25-19(21)26-9-13)6-17(16)28(11)10-12-4-2-3-5-18(12)29-20(23)24/h2-9,20H,10H2,1H3. The lowest BCUT2D eigenvalue weighted by Gasteiger charge is -2.13. The number of alkyl halides is 2. The number of benzene rings is 2. The van der Waals surface area contributed by atoms with E-state index in [2.05, 4.69) is 19.7 Å². The summed E-state index contributed by atoms with van der Waals surface area (Å²) in [5.41, 5.74) is 2.38. The molecule has 2 aromatic heterocycles. The molecule has 29 heavy (non-hydrogen) atoms. The van der Waals surface area contributed by atoms with Crippen LogP contribution in [0.25, 0.3) is 22.2 Å². The Morgan fingerprint density at radius 3 is 2.59 bits per heavy atom. The predicted octanol–water partition coefficient (Wildman–Crippen LogP) is 5.24. The molecule has 0 saturated carbocycles. The Balaban J connectivity index is 1.81. The van der Waals surface area contributed by atoms with Gasteiger partial charge in [-0.2, -0.15) is 8.78 Å². The summed E-state index contributed by atoms with van der Waals surface area (Å²) in [6.45, 7) is -0.935. The van der Waals surface area contributed by atoms with Crippen molar-refractivity contribution in [3.05, 3.63) is 71.3 Å². The molecule has 0 saturated heterocycles. The molecule has 4 aromatic rings. The van der Waals surface area contributed by atoms with E-state index in [0.29, 0.717) is 28.0 Å². The number of para-hydroxylation sites is 1. The number of nitrogens with zero attached hydrogens (tertiary/aromatic N) is 4. The Kier molecular flexibility index (Phi) is 5.10. The van der Waals surface area contributed by atoms with Crippen LogP contribution >= 0.6 is 11.6 Å². The van der Waals surface area contributed by atoms with Gasteiger partial charge in [0.25, 0.3) is 0 Å². The van der Waals surface area contributed by atoms with Crippen LogP contribution in [0.2, 0.25) is 5.28 Å². The predicted molar refractivity (Wildman–Crippen MR) is 103 cm³/mol. The molecule has 0 aliphatic heterocycles. The van der Waals surface area contributed by atoms with Crippen molar-refractivity contribution in [3.8, 4) is 16.9 Å². The topological polar surface area (TPSA) is 52.8 Å². The van der Waals surface area contributed by atoms with E-state index in [1.165, 1.54) is 24.5 Å². The molecule has 0 unspecified atom stereocenters. The molecule has 0 atom stereocenters. The largest absolute Gasteiger partial charge is 0.434 e. The zero-order chi connectivity index (χ0) is 20.5. The second-order valence-electron chi connectivity index (χ2n) is 6.29. The van der Waals surface area contributed by atoms with Gasteiger partial charge in [0.15, 0.2) is 0 Å². The summed E-state index contributed by atoms with van der Waals surface area (Å²) in [6.07, 6.45) is 2.86. The first-order valence-electron chi connectivity index (χ1n) is 8.59. The fourth-order valence-electron chi connectivity index (χ4n) is 3.15. The van der Waals surface area contributed by atoms with Crippen LogP contribution in [-0.4, -0.2) is 26.1 Å². The lowest BCUT2D eigenvalue weighted by molar-refractivity contribution is -0.0504. The molecule has 0 spiro atoms. The van der Waals surface area contributed by atoms with Crippen molar-refractivity contribution in [2.45, 2.75) is 20.1 Å². The first kappa shape index (κ1) is 19.2. The van der Waals surface area contributed by atoms with Crippen molar-refractivity contribution in [1.29, 1.82) is 0 Å². The van der Waals surface area contributed by atoms with E-state index >= 15 is 0 Å². The Morgan fingerprint density at radius 1 is 1.14 bits per heavy atom. The fraction of sp³-hybridized carbons (Fsp3) is 0.150. The summed E-state index contributed by atoms with van der Waals surface area (Å²) in [4.78, 5) is 12.2. The van der Waals surface area contributed by atoms with Crippen LogP contribution in [0.1, 0.15) is 11.4 Å². The van der Waals surface area contributed by atoms with Crippen molar-refractivity contribution in [3.63, 3.8) is 0 Å². The molecule has 0 aliphatic rings. The molecule has 0 bridgehead atoms. The van der Waals surface area contributed by atoms with Crippen LogP contribution in [0.5, 0.6) is 5.75 Å². The second-order valence-corrected chi connectivity index (χ2v) is 6.63. The molecule has 0 N–H and O–H groups in total. The average molecular weight is 419 g/mol. The summed E-state index contributed by atoms with van der Waals surface area (Å²) in [6, 6.07) is 9.48. The molecule has 4 rings (SSSR count). The molecule has 2 heterocycles. The van der Waals surface area contributed by atoms with Crippen molar-refractivity contribution in [2.24, 2.45) is 0 Å². The van der Waals surface area contributed by atoms with Gasteiger partial charge < -0.3 is 9.30 Å². The number of ether oxygens (including phenoxy) is 1. The highest BCUT2D eigenvalue weighted by molar-refractivity contribution is 6.28. The summed E-state index contributed by atoms with van der Waals surface area (Å²) in [7, 11) is 0. The lowest BCUT2D eigenvalue weighted by Crippen LogP contribution is -2.08. The lowest BCUT2D eigenvalue weighted by atomic mass is 10.1. The summed E-state index contributed by atoms with van der Waals surface area (Å²) in [5, 5.41) is 0.0618. The normalized spacial score (nSPS) is 11.4. The highest BCUT2D eigenvalue weighted by Gasteiger charge is 2.16. The highest BCUT2D eigenvalue weighted by Crippen LogP contribution is 2.29. The van der Waals surface area contributed by atoms with Crippen molar-refractivity contribution >= 4 is 22.6 Å². The molecule has 5 nitrogen and oxygen atoms in total. The van der Waals surface area contributed by atoms with Crippen molar-refractivity contribution in [2.75, 3.05) is 0 Å². The van der Waals surface area contributed by atoms with Crippen molar-refractivity contribution < 1.29 is 17.9 Å². The maximum Gasteiger partial charge on any atom is 0.387 e. The molecule has 0 amide bonds. The maximum absolute atomic E-state index is 14.6. The third kappa shape index (κ3) is 3.88. The van der Waals surface area contributed by atoms with Gasteiger partial charge >= 0.3 is 6.61 Å². The first-order chi connectivity index (χ1) is 13.9. The van der Waals surface area contributed by atoms with Gasteiger partial charge in [0.1, 0.15) is 17.4 Å². The molecular formula is C20H14ClF3N4O. The molecule has 9 heteroatoms. The van der Waals surface area contributed by atoms with E-state index < -0.39 is 12.4 Å². The molecular weight excluding hydrogens is 405 g/mol. The summed E-state index contributed by atoms with van der Waals surface area (Å²) < 4.78 is 46.5. The van der Waals surface area contributed by atoms with Crippen LogP contribution < -0.4 is 4.74 Å². The quantitative estimate of drug-likeness (QED) is 0.416. The van der Waals surface area contributed by atoms with Crippen LogP contribution in [0.15, 0.2) is 48.8 Å². The van der Waals surface area contributed by atoms with Gasteiger partial charge in [-0.3, -0.25) is 0 Å². The van der Waals surface area contributed by atoms with Gasteiger partial charge in [-0.25, -0.2) is 19.3 Å². The number of rotatable bonds is 5. The zero-order valence-electron chi connectivity index (χ0n) is 15.1. The summed E-state index contributed by atoms with van der Waals surface area (Å²) >= 11 is 5.71. The van der Waals surface area contributed by atoms with Gasteiger partial charge in [0.05, 0.1) is 17.6 Å². The van der Waals surface area contributed by atoms with E-state index in [1.807, 2.05) is 4.57 Å². The number of aryl methyl sites for hydroxylation is 1. The number of aromatic nitrogens is 4. The van der Waals surface area contributed by atoms with E-state index in [1.54, 1.807) is 31.2 Å². The SMILES string of the molecule is Cc1nc2cc(F)c(-c3cnc(Cl)nc3)cc2n1Cc1ccccc1OC(F)F. The van der Waals surface area contributed by atoms with Gasteiger partial charge in [0, 0.05) is 35.2 Å². The molecule has 0 fully saturated rings. The number of halogens is 4. The Morgan fingerprint density at radius 2 is 1.86 bits per heavy atom. The van der Waals surface area contributed by atoms with Crippen LogP contribution in [0.3, 0.4) is 0 Å². The average Bonchev–Trinajstić information content (AvgIpc) is 2.97. The number of hydrogen-bond acceptors (Lipinski definition) is 4. The number of hydrogen-bond donors (Lipinski definition) is 0. The monoisotopic (exact) mass is 418 g/mol. The van der Waals surface area contributed by atoms with E-state index in [-0.39, 0.29) is 23.1 Å². The van der Waals surface area contributed by atoms with Crippen molar-refractivity contribution in [1.82, 2.24) is 19.5 Å². The molecule has 0 radical (unpaired) electrons. The van der Waals surface area contributed by atoms with Gasteiger partial charge in [0.2, 0.25) is 5.28 Å². The Labute approximate surface area is 168 Å². The van der Waals surface area contributed by atoms with Crippen LogP contribution in [0.4, 0.5) is 13.2 Å². The molecule has 2 aromatic carbocycles. The zero-order valence-corrected chi connectivity index (χ0v) is 15.9. The smallest absolute Gasteiger partial charge is 0.387 e. The second kappa shape index (κ2) is 7.71. The Bertz CT molecular complexity index is 1180. The van der Waals surface area contributed by atoms with Gasteiger partial charge in [-0.15, -0.1) is 0 Å². The fourth-order valence-corrected chi connectivity index (χ4v) is 3.25. The molecule has 0 aliphatic carbocycles. The van der Waals surface area contributed by atoms with Crippen LogP contribution in [-0.2, 0) is 6.54 Å². The van der Waals surface area contributed by atoms with Gasteiger partial charge in [-0.05, 0) is 30.7 Å². The first-order valence-corrected chi connectivity index (χ1v) is 8.97. The minimum atomic E-state index is -2.93. The van der Waals surface area contributed by atoms with E-state index in [9.17, 15) is 13.2 Å². The summed E-state index contributed by atoms with van der Waals surface area (Å²) in [5.74, 6) is 0.211. The molecule has 148 valence electrons. The van der Waals surface area contributed by atoms with E-state index in [0.717, 1.165) is 0 Å². The Hall–Kier alpha value is -3.13. The third-order valence-electron chi connectivity index (χ3n) is 4.48. The minimum Gasteiger partial charge on any atom is -0.434 e. The number of fused-ring (bicyclic) bond motifs is 1. The minimum absolute atomic E-state index is 0.0618. The number of imidazole rings is 1. The van der Waals surface area contributed by atoms with Crippen LogP contribution in [0, 0.1) is 12.7 Å².